The molecule has 12 rings (SSSR count). The Hall–Kier alpha value is -7.70. The highest BCUT2D eigenvalue weighted by molar-refractivity contribution is 6.27. The fourth-order valence-electron chi connectivity index (χ4n) is 8.80. The molecule has 0 N–H and O–H groups in total. The van der Waals surface area contributed by atoms with Crippen molar-refractivity contribution in [1.29, 1.82) is 0 Å². The van der Waals surface area contributed by atoms with Gasteiger partial charge in [-0.1, -0.05) is 127 Å². The van der Waals surface area contributed by atoms with Crippen LogP contribution in [0.3, 0.4) is 0 Å². The number of furan rings is 1. The first-order chi connectivity index (χ1) is 27.8. The van der Waals surface area contributed by atoms with Crippen molar-refractivity contribution in [2.24, 2.45) is 0 Å². The minimum atomic E-state index is 0.850. The summed E-state index contributed by atoms with van der Waals surface area (Å²) < 4.78 is 13.1. The van der Waals surface area contributed by atoms with Crippen LogP contribution in [0, 0.1) is 0 Å². The lowest BCUT2D eigenvalue weighted by Crippen LogP contribution is -2.00. The molecule has 0 fully saturated rings. The molecule has 4 aromatic heterocycles. The summed E-state index contributed by atoms with van der Waals surface area (Å²) in [6, 6.07) is 66.2. The molecule has 56 heavy (non-hydrogen) atoms. The van der Waals surface area contributed by atoms with E-state index in [1.807, 2.05) is 35.0 Å². The maximum atomic E-state index is 6.34. The van der Waals surface area contributed by atoms with Gasteiger partial charge >= 0.3 is 0 Å². The van der Waals surface area contributed by atoms with Crippen molar-refractivity contribution in [1.82, 2.24) is 24.1 Å². The van der Waals surface area contributed by atoms with Gasteiger partial charge in [0.15, 0.2) is 0 Å². The number of nitrogens with zero attached hydrogens (tertiary/aromatic N) is 5. The summed E-state index contributed by atoms with van der Waals surface area (Å²) >= 11 is 0. The van der Waals surface area contributed by atoms with Gasteiger partial charge in [0.05, 0.1) is 27.8 Å². The van der Waals surface area contributed by atoms with Crippen LogP contribution in [0.5, 0.6) is 0 Å². The largest absolute Gasteiger partial charge is 0.456 e. The Morgan fingerprint density at radius 1 is 0.375 bits per heavy atom. The van der Waals surface area contributed by atoms with E-state index < -0.39 is 0 Å². The molecule has 0 radical (unpaired) electrons. The molecule has 262 valence electrons. The first kappa shape index (κ1) is 30.7. The number of hydrogen-bond donors (Lipinski definition) is 0. The molecule has 0 amide bonds. The lowest BCUT2D eigenvalue weighted by molar-refractivity contribution is 0.669. The van der Waals surface area contributed by atoms with Gasteiger partial charge in [-0.3, -0.25) is 0 Å². The van der Waals surface area contributed by atoms with E-state index >= 15 is 0 Å². The molecule has 0 saturated heterocycles. The van der Waals surface area contributed by atoms with E-state index in [4.69, 9.17) is 14.7 Å². The molecular formula is C50H31N5O. The first-order valence-electron chi connectivity index (χ1n) is 18.8. The van der Waals surface area contributed by atoms with Crippen LogP contribution in [-0.4, -0.2) is 24.1 Å². The van der Waals surface area contributed by atoms with E-state index in [-0.39, 0.29) is 0 Å². The lowest BCUT2D eigenvalue weighted by Gasteiger charge is -2.13. The number of hydrogen-bond acceptors (Lipinski definition) is 3. The monoisotopic (exact) mass is 717 g/mol. The molecule has 6 nitrogen and oxygen atoms in total. The van der Waals surface area contributed by atoms with Crippen molar-refractivity contribution in [3.05, 3.63) is 188 Å². The topological polar surface area (TPSA) is 53.7 Å². The molecular weight excluding hydrogens is 687 g/mol. The normalized spacial score (nSPS) is 11.9. The molecule has 0 bridgehead atoms. The summed E-state index contributed by atoms with van der Waals surface area (Å²) in [6.45, 7) is 0. The quantitative estimate of drug-likeness (QED) is 0.178. The van der Waals surface area contributed by atoms with Crippen LogP contribution in [0.25, 0.3) is 105 Å². The second-order valence-electron chi connectivity index (χ2n) is 14.3. The van der Waals surface area contributed by atoms with E-state index in [0.29, 0.717) is 0 Å². The van der Waals surface area contributed by atoms with Crippen LogP contribution in [0.1, 0.15) is 0 Å². The van der Waals surface area contributed by atoms with Gasteiger partial charge in [0.25, 0.3) is 0 Å². The molecule has 0 aliphatic carbocycles. The molecule has 4 heterocycles. The van der Waals surface area contributed by atoms with E-state index in [1.54, 1.807) is 0 Å². The van der Waals surface area contributed by atoms with Gasteiger partial charge in [0.2, 0.25) is 0 Å². The van der Waals surface area contributed by atoms with Crippen molar-refractivity contribution in [2.75, 3.05) is 0 Å². The zero-order chi connectivity index (χ0) is 36.7. The molecule has 8 aromatic carbocycles. The Balaban J connectivity index is 1.06. The summed E-state index contributed by atoms with van der Waals surface area (Å²) in [5, 5.41) is 16.5. The van der Waals surface area contributed by atoms with Crippen LogP contribution < -0.4 is 0 Å². The fourth-order valence-corrected chi connectivity index (χ4v) is 8.80. The molecule has 0 aliphatic heterocycles. The van der Waals surface area contributed by atoms with E-state index in [2.05, 4.69) is 167 Å². The standard InChI is InChI=1S/C50H31N5O/c1-3-14-32(15-4-1)49-50(33-16-5-2-6-17-33)55(52-51-49)36-26-27-43-40(31-36)37-20-7-10-23-41(37)53(43)34-18-13-19-35(30-34)54-42-24-11-8-21-38(42)47-44(54)28-29-46-48(47)39-22-9-12-25-45(39)56-46/h1-31H. The maximum Gasteiger partial charge on any atom is 0.136 e. The summed E-state index contributed by atoms with van der Waals surface area (Å²) in [5.41, 5.74) is 13.4. The summed E-state index contributed by atoms with van der Waals surface area (Å²) in [6.07, 6.45) is 0. The molecule has 0 spiro atoms. The van der Waals surface area contributed by atoms with Crippen molar-refractivity contribution >= 4 is 65.6 Å². The number of benzene rings is 8. The average Bonchev–Trinajstić information content (AvgIpc) is 4.03. The smallest absolute Gasteiger partial charge is 0.136 e. The van der Waals surface area contributed by atoms with Crippen LogP contribution in [0.2, 0.25) is 0 Å². The van der Waals surface area contributed by atoms with Gasteiger partial charge in [-0.15, -0.1) is 5.10 Å². The number of rotatable bonds is 5. The van der Waals surface area contributed by atoms with Gasteiger partial charge in [0.1, 0.15) is 22.6 Å². The van der Waals surface area contributed by atoms with Gasteiger partial charge < -0.3 is 13.6 Å². The number of fused-ring (bicyclic) bond motifs is 10. The molecule has 0 atom stereocenters. The second kappa shape index (κ2) is 11.9. The highest BCUT2D eigenvalue weighted by Gasteiger charge is 2.22. The van der Waals surface area contributed by atoms with Crippen LogP contribution >= 0.6 is 0 Å². The van der Waals surface area contributed by atoms with Gasteiger partial charge in [0, 0.05) is 54.8 Å². The molecule has 12 aromatic rings. The summed E-state index contributed by atoms with van der Waals surface area (Å²) in [7, 11) is 0. The van der Waals surface area contributed by atoms with E-state index in [9.17, 15) is 0 Å². The lowest BCUT2D eigenvalue weighted by atomic mass is 10.0. The average molecular weight is 718 g/mol. The van der Waals surface area contributed by atoms with Crippen molar-refractivity contribution in [3.63, 3.8) is 0 Å². The predicted molar refractivity (Wildman–Crippen MR) is 228 cm³/mol. The SMILES string of the molecule is c1ccc(-c2nnn(-c3ccc4c(c3)c3ccccc3n4-c3cccc(-n4c5ccccc5c5c6c(ccc54)oc4ccccc46)c3)c2-c2ccccc2)cc1. The summed E-state index contributed by atoms with van der Waals surface area (Å²) in [5.74, 6) is 0. The Labute approximate surface area is 320 Å². The van der Waals surface area contributed by atoms with Gasteiger partial charge in [-0.05, 0) is 66.7 Å². The van der Waals surface area contributed by atoms with E-state index in [0.717, 1.165) is 89.0 Å². The fraction of sp³-hybridized carbons (Fsp3) is 0. The summed E-state index contributed by atoms with van der Waals surface area (Å²) in [4.78, 5) is 0. The first-order valence-corrected chi connectivity index (χ1v) is 18.8. The number of aromatic nitrogens is 5. The van der Waals surface area contributed by atoms with Crippen molar-refractivity contribution in [2.45, 2.75) is 0 Å². The van der Waals surface area contributed by atoms with Crippen LogP contribution in [0.15, 0.2) is 192 Å². The molecule has 6 heteroatoms. The maximum absolute atomic E-state index is 6.34. The van der Waals surface area contributed by atoms with Crippen molar-refractivity contribution < 1.29 is 4.42 Å². The Bertz CT molecular complexity index is 3480. The molecule has 0 unspecified atom stereocenters. The zero-order valence-corrected chi connectivity index (χ0v) is 30.0. The van der Waals surface area contributed by atoms with Crippen LogP contribution in [0.4, 0.5) is 0 Å². The Kier molecular flexibility index (Phi) is 6.53. The highest BCUT2D eigenvalue weighted by atomic mass is 16.3. The third kappa shape index (κ3) is 4.44. The molecule has 0 saturated carbocycles. The van der Waals surface area contributed by atoms with Gasteiger partial charge in [-0.2, -0.15) is 0 Å². The zero-order valence-electron chi connectivity index (χ0n) is 30.0. The van der Waals surface area contributed by atoms with Crippen molar-refractivity contribution in [3.8, 4) is 39.6 Å². The highest BCUT2D eigenvalue weighted by Crippen LogP contribution is 2.42. The number of para-hydroxylation sites is 3. The Morgan fingerprint density at radius 2 is 0.982 bits per heavy atom. The van der Waals surface area contributed by atoms with Gasteiger partial charge in [-0.25, -0.2) is 4.68 Å². The van der Waals surface area contributed by atoms with Crippen LogP contribution in [-0.2, 0) is 0 Å². The molecule has 0 aliphatic rings. The third-order valence-electron chi connectivity index (χ3n) is 11.2. The van der Waals surface area contributed by atoms with E-state index in [1.165, 1.54) is 16.2 Å². The predicted octanol–water partition coefficient (Wildman–Crippen LogP) is 12.7. The second-order valence-corrected chi connectivity index (χ2v) is 14.3. The minimum Gasteiger partial charge on any atom is -0.456 e. The Morgan fingerprint density at radius 3 is 1.77 bits per heavy atom. The minimum absolute atomic E-state index is 0.850. The third-order valence-corrected chi connectivity index (χ3v) is 11.2.